The van der Waals surface area contributed by atoms with Crippen molar-refractivity contribution in [1.82, 2.24) is 0 Å². The Morgan fingerprint density at radius 1 is 0.267 bits per heavy atom. The summed E-state index contributed by atoms with van der Waals surface area (Å²) in [7, 11) is -9.92. The van der Waals surface area contributed by atoms with Crippen molar-refractivity contribution in [2.24, 2.45) is 11.8 Å². The Hall–Kier alpha value is -1.94. The van der Waals surface area contributed by atoms with Crippen molar-refractivity contribution < 1.29 is 80.2 Å². The zero-order valence-corrected chi connectivity index (χ0v) is 68.0. The van der Waals surface area contributed by atoms with Gasteiger partial charge in [-0.15, -0.1) is 0 Å². The predicted molar refractivity (Wildman–Crippen MR) is 414 cm³/mol. The van der Waals surface area contributed by atoms with Crippen LogP contribution < -0.4 is 0 Å². The molecule has 2 unspecified atom stereocenters. The second kappa shape index (κ2) is 73.6. The number of carbonyl (C=O) groups is 4. The number of esters is 4. The van der Waals surface area contributed by atoms with Gasteiger partial charge in [-0.05, 0) is 37.5 Å². The molecular weight excluding hydrogens is 1320 g/mol. The highest BCUT2D eigenvalue weighted by molar-refractivity contribution is 7.47. The van der Waals surface area contributed by atoms with Gasteiger partial charge in [0.05, 0.1) is 26.4 Å². The van der Waals surface area contributed by atoms with Gasteiger partial charge in [0.1, 0.15) is 19.3 Å². The van der Waals surface area contributed by atoms with Crippen LogP contribution in [0.3, 0.4) is 0 Å². The molecule has 0 radical (unpaired) electrons. The number of phosphoric ester groups is 2. The number of phosphoric acid groups is 2. The summed E-state index contributed by atoms with van der Waals surface area (Å²) in [6, 6.07) is 0. The molecule has 0 bridgehead atoms. The summed E-state index contributed by atoms with van der Waals surface area (Å²) in [5.41, 5.74) is 0. The van der Waals surface area contributed by atoms with Gasteiger partial charge in [0.25, 0.3) is 0 Å². The molecule has 0 spiro atoms. The molecule has 0 saturated carbocycles. The number of unbranched alkanes of at least 4 members (excludes halogenated alkanes) is 51. The average molecular weight is 1480 g/mol. The molecule has 101 heavy (non-hydrogen) atoms. The average Bonchev–Trinajstić information content (AvgIpc) is 0.932. The largest absolute Gasteiger partial charge is 0.472 e. The Balaban J connectivity index is 5.20. The van der Waals surface area contributed by atoms with E-state index >= 15 is 0 Å². The van der Waals surface area contributed by atoms with Crippen molar-refractivity contribution in [3.05, 3.63) is 0 Å². The van der Waals surface area contributed by atoms with Crippen molar-refractivity contribution in [1.29, 1.82) is 0 Å². The highest BCUT2D eigenvalue weighted by atomic mass is 31.2. The first-order valence-electron chi connectivity index (χ1n) is 42.5. The third kappa shape index (κ3) is 76.1. The Morgan fingerprint density at radius 2 is 0.455 bits per heavy atom. The smallest absolute Gasteiger partial charge is 0.462 e. The van der Waals surface area contributed by atoms with E-state index in [0.717, 1.165) is 108 Å². The quantitative estimate of drug-likeness (QED) is 0.0222. The SMILES string of the molecule is CCCCCCCCCCCCCCCCCC(=O)O[C@H](COC(=O)CCCCCCCCCC)COP(=O)(O)OC[C@H](O)COP(=O)(O)OC[C@@H](COC(=O)CCCCCCCCCCCCCCCCCCC(C)C)OC(=O)CCCCCCCCCCCCCCCCCCC(C)C. The van der Waals surface area contributed by atoms with Crippen LogP contribution in [0.5, 0.6) is 0 Å². The van der Waals surface area contributed by atoms with Crippen molar-refractivity contribution in [2.45, 2.75) is 452 Å². The number of carbonyl (C=O) groups excluding carboxylic acids is 4. The van der Waals surface area contributed by atoms with Gasteiger partial charge in [-0.1, -0.05) is 382 Å². The summed E-state index contributed by atoms with van der Waals surface area (Å²) >= 11 is 0. The maximum absolute atomic E-state index is 13.1. The fourth-order valence-electron chi connectivity index (χ4n) is 12.7. The van der Waals surface area contributed by atoms with E-state index in [9.17, 15) is 43.2 Å². The molecule has 0 aliphatic carbocycles. The van der Waals surface area contributed by atoms with Gasteiger partial charge in [0.2, 0.25) is 0 Å². The zero-order valence-electron chi connectivity index (χ0n) is 66.2. The minimum atomic E-state index is -4.96. The second-order valence-electron chi connectivity index (χ2n) is 30.5. The first-order chi connectivity index (χ1) is 48.9. The van der Waals surface area contributed by atoms with Gasteiger partial charge in [-0.3, -0.25) is 37.3 Å². The summed E-state index contributed by atoms with van der Waals surface area (Å²) in [6.45, 7) is 9.68. The summed E-state index contributed by atoms with van der Waals surface area (Å²) in [5.74, 6) is -0.487. The highest BCUT2D eigenvalue weighted by Gasteiger charge is 2.30. The molecule has 0 heterocycles. The van der Waals surface area contributed by atoms with Gasteiger partial charge in [0.15, 0.2) is 12.2 Å². The fourth-order valence-corrected chi connectivity index (χ4v) is 14.3. The Kier molecular flexibility index (Phi) is 72.2. The van der Waals surface area contributed by atoms with Crippen LogP contribution in [0.25, 0.3) is 0 Å². The lowest BCUT2D eigenvalue weighted by atomic mass is 10.0. The van der Waals surface area contributed by atoms with Crippen LogP contribution >= 0.6 is 15.6 Å². The third-order valence-electron chi connectivity index (χ3n) is 19.2. The number of aliphatic hydroxyl groups is 1. The highest BCUT2D eigenvalue weighted by Crippen LogP contribution is 2.45. The molecule has 19 heteroatoms. The minimum Gasteiger partial charge on any atom is -0.462 e. The van der Waals surface area contributed by atoms with Gasteiger partial charge in [-0.2, -0.15) is 0 Å². The standard InChI is InChI=1S/C82H160O17P2/c1-7-9-11-13-15-17-18-19-24-32-37-42-48-54-60-66-81(86)98-77(70-92-79(84)64-58-52-46-16-14-12-10-8-2)72-96-100(88,89)94-68-76(83)69-95-101(90,91)97-73-78(99-82(87)67-61-55-49-43-38-33-28-23-21-26-30-35-40-45-51-57-63-75(5)6)71-93-80(85)65-59-53-47-41-36-31-27-22-20-25-29-34-39-44-50-56-62-74(3)4/h74-78,83H,7-73H2,1-6H3,(H,88,89)(H,90,91)/t76-,77+,78+/m0/s1. The summed E-state index contributed by atoms with van der Waals surface area (Å²) in [5, 5.41) is 10.6. The molecule has 0 aromatic carbocycles. The van der Waals surface area contributed by atoms with E-state index in [1.807, 2.05) is 0 Å². The number of ether oxygens (including phenoxy) is 4. The maximum Gasteiger partial charge on any atom is 0.472 e. The van der Waals surface area contributed by atoms with Crippen LogP contribution in [0, 0.1) is 11.8 Å². The summed E-state index contributed by atoms with van der Waals surface area (Å²) in [6.07, 6.45) is 63.9. The molecule has 600 valence electrons. The van der Waals surface area contributed by atoms with Gasteiger partial charge < -0.3 is 33.8 Å². The molecule has 0 aromatic rings. The number of hydrogen-bond donors (Lipinski definition) is 3. The van der Waals surface area contributed by atoms with E-state index in [2.05, 4.69) is 41.5 Å². The van der Waals surface area contributed by atoms with Crippen molar-refractivity contribution >= 4 is 39.5 Å². The molecule has 0 rings (SSSR count). The van der Waals surface area contributed by atoms with Crippen LogP contribution in [0.4, 0.5) is 0 Å². The molecular formula is C82H160O17P2. The molecule has 0 saturated heterocycles. The molecule has 0 aliphatic heterocycles. The Labute approximate surface area is 619 Å². The van der Waals surface area contributed by atoms with E-state index in [1.165, 1.54) is 244 Å². The molecule has 0 fully saturated rings. The minimum absolute atomic E-state index is 0.108. The Morgan fingerprint density at radius 3 is 0.673 bits per heavy atom. The molecule has 0 aliphatic rings. The lowest BCUT2D eigenvalue weighted by Crippen LogP contribution is -2.30. The van der Waals surface area contributed by atoms with E-state index in [-0.39, 0.29) is 25.7 Å². The predicted octanol–water partition coefficient (Wildman–Crippen LogP) is 24.7. The van der Waals surface area contributed by atoms with Crippen molar-refractivity contribution in [3.63, 3.8) is 0 Å². The number of aliphatic hydroxyl groups excluding tert-OH is 1. The molecule has 0 amide bonds. The van der Waals surface area contributed by atoms with Crippen LogP contribution in [0.1, 0.15) is 433 Å². The maximum atomic E-state index is 13.1. The topological polar surface area (TPSA) is 237 Å². The van der Waals surface area contributed by atoms with Gasteiger partial charge in [-0.25, -0.2) is 9.13 Å². The second-order valence-corrected chi connectivity index (χ2v) is 33.4. The molecule has 17 nitrogen and oxygen atoms in total. The number of rotatable bonds is 81. The van der Waals surface area contributed by atoms with E-state index in [0.29, 0.717) is 25.7 Å². The zero-order chi connectivity index (χ0) is 74.2. The summed E-state index contributed by atoms with van der Waals surface area (Å²) < 4.78 is 68.7. The van der Waals surface area contributed by atoms with Crippen LogP contribution in [-0.2, 0) is 65.4 Å². The van der Waals surface area contributed by atoms with Gasteiger partial charge >= 0.3 is 39.5 Å². The van der Waals surface area contributed by atoms with Crippen LogP contribution in [0.2, 0.25) is 0 Å². The number of hydrogen-bond acceptors (Lipinski definition) is 15. The lowest BCUT2D eigenvalue weighted by molar-refractivity contribution is -0.161. The third-order valence-corrected chi connectivity index (χ3v) is 21.1. The van der Waals surface area contributed by atoms with E-state index in [1.54, 1.807) is 0 Å². The van der Waals surface area contributed by atoms with Crippen molar-refractivity contribution in [2.75, 3.05) is 39.6 Å². The Bertz CT molecular complexity index is 1940. The molecule has 5 atom stereocenters. The monoisotopic (exact) mass is 1480 g/mol. The summed E-state index contributed by atoms with van der Waals surface area (Å²) in [4.78, 5) is 73.0. The first-order valence-corrected chi connectivity index (χ1v) is 45.5. The van der Waals surface area contributed by atoms with Crippen LogP contribution in [-0.4, -0.2) is 96.7 Å². The van der Waals surface area contributed by atoms with Gasteiger partial charge in [0, 0.05) is 25.7 Å². The molecule has 0 aromatic heterocycles. The normalized spacial score (nSPS) is 13.9. The fraction of sp³-hybridized carbons (Fsp3) is 0.951. The van der Waals surface area contributed by atoms with E-state index in [4.69, 9.17) is 37.0 Å². The first kappa shape index (κ1) is 99.1. The van der Waals surface area contributed by atoms with E-state index < -0.39 is 97.5 Å². The molecule has 3 N–H and O–H groups in total. The lowest BCUT2D eigenvalue weighted by Gasteiger charge is -2.21. The van der Waals surface area contributed by atoms with Crippen LogP contribution in [0.15, 0.2) is 0 Å². The van der Waals surface area contributed by atoms with Crippen molar-refractivity contribution in [3.8, 4) is 0 Å².